The minimum Gasteiger partial charge on any atom is -0.422 e. The lowest BCUT2D eigenvalue weighted by Crippen LogP contribution is -2.04. The van der Waals surface area contributed by atoms with Gasteiger partial charge in [0.25, 0.3) is 0 Å². The van der Waals surface area contributed by atoms with Gasteiger partial charge in [-0.3, -0.25) is 5.43 Å². The Morgan fingerprint density at radius 1 is 1.24 bits per heavy atom. The highest BCUT2D eigenvalue weighted by atomic mass is 79.9. The Kier molecular flexibility index (Phi) is 5.45. The standard InChI is InChI=1S/C20H10BrClN4O2S/c21-12-1-6-18-11(7-12)8-15(20(27)28-18)17-10-29-19(24-17)16(9-23)26-25-14-4-2-13(22)3-5-14/h1-8,10,25H/b26-16-. The summed E-state index contributed by atoms with van der Waals surface area (Å²) >= 11 is 10.5. The van der Waals surface area contributed by atoms with Crippen molar-refractivity contribution in [3.8, 4) is 17.3 Å². The van der Waals surface area contributed by atoms with E-state index in [4.69, 9.17) is 16.0 Å². The largest absolute Gasteiger partial charge is 0.422 e. The summed E-state index contributed by atoms with van der Waals surface area (Å²) in [6, 6.07) is 16.0. The van der Waals surface area contributed by atoms with Crippen molar-refractivity contribution in [3.05, 3.63) is 78.8 Å². The predicted molar refractivity (Wildman–Crippen MR) is 119 cm³/mol. The molecule has 0 bridgehead atoms. The quantitative estimate of drug-likeness (QED) is 0.228. The predicted octanol–water partition coefficient (Wildman–Crippen LogP) is 5.67. The second kappa shape index (κ2) is 8.17. The highest BCUT2D eigenvalue weighted by Gasteiger charge is 2.15. The fourth-order valence-electron chi connectivity index (χ4n) is 2.54. The number of thiazole rings is 1. The number of halogens is 2. The zero-order chi connectivity index (χ0) is 20.4. The van der Waals surface area contributed by atoms with Crippen LogP contribution in [-0.2, 0) is 0 Å². The zero-order valence-corrected chi connectivity index (χ0v) is 17.7. The highest BCUT2D eigenvalue weighted by Crippen LogP contribution is 2.25. The van der Waals surface area contributed by atoms with Gasteiger partial charge in [-0.2, -0.15) is 10.4 Å². The Labute approximate surface area is 182 Å². The summed E-state index contributed by atoms with van der Waals surface area (Å²) in [7, 11) is 0. The number of hydrogen-bond donors (Lipinski definition) is 1. The Bertz CT molecular complexity index is 1340. The van der Waals surface area contributed by atoms with Crippen molar-refractivity contribution in [2.45, 2.75) is 0 Å². The zero-order valence-electron chi connectivity index (χ0n) is 14.5. The Morgan fingerprint density at radius 2 is 2.03 bits per heavy atom. The normalized spacial score (nSPS) is 11.4. The summed E-state index contributed by atoms with van der Waals surface area (Å²) in [5, 5.41) is 17.0. The maximum Gasteiger partial charge on any atom is 0.345 e. The molecule has 29 heavy (non-hydrogen) atoms. The molecule has 0 saturated carbocycles. The molecule has 6 nitrogen and oxygen atoms in total. The van der Waals surface area contributed by atoms with E-state index in [0.717, 1.165) is 9.86 Å². The smallest absolute Gasteiger partial charge is 0.345 e. The average Bonchev–Trinajstić information content (AvgIpc) is 3.19. The van der Waals surface area contributed by atoms with Gasteiger partial charge in [0, 0.05) is 20.3 Å². The van der Waals surface area contributed by atoms with E-state index in [0.29, 0.717) is 32.6 Å². The van der Waals surface area contributed by atoms with Crippen LogP contribution in [0.5, 0.6) is 0 Å². The number of nitriles is 1. The van der Waals surface area contributed by atoms with E-state index in [1.165, 1.54) is 11.3 Å². The van der Waals surface area contributed by atoms with Crippen LogP contribution < -0.4 is 11.1 Å². The topological polar surface area (TPSA) is 91.3 Å². The molecule has 0 amide bonds. The van der Waals surface area contributed by atoms with Gasteiger partial charge in [0.15, 0.2) is 10.7 Å². The third kappa shape index (κ3) is 4.22. The molecule has 0 aliphatic carbocycles. The summed E-state index contributed by atoms with van der Waals surface area (Å²) in [5.41, 5.74) is 4.32. The monoisotopic (exact) mass is 484 g/mol. The number of aromatic nitrogens is 1. The third-order valence-electron chi connectivity index (χ3n) is 3.92. The van der Waals surface area contributed by atoms with E-state index < -0.39 is 5.63 Å². The molecule has 0 aliphatic heterocycles. The van der Waals surface area contributed by atoms with E-state index in [-0.39, 0.29) is 5.71 Å². The van der Waals surface area contributed by atoms with Gasteiger partial charge < -0.3 is 4.42 Å². The lowest BCUT2D eigenvalue weighted by atomic mass is 10.1. The molecule has 1 N–H and O–H groups in total. The molecule has 0 unspecified atom stereocenters. The van der Waals surface area contributed by atoms with Crippen LogP contribution in [0.15, 0.2) is 72.7 Å². The number of hydrazone groups is 1. The van der Waals surface area contributed by atoms with Crippen LogP contribution >= 0.6 is 38.9 Å². The van der Waals surface area contributed by atoms with Crippen molar-refractivity contribution >= 4 is 61.2 Å². The first-order chi connectivity index (χ1) is 14.0. The van der Waals surface area contributed by atoms with Gasteiger partial charge in [0.05, 0.1) is 16.9 Å². The summed E-state index contributed by atoms with van der Waals surface area (Å²) in [6.07, 6.45) is 0. The summed E-state index contributed by atoms with van der Waals surface area (Å²) < 4.78 is 6.25. The lowest BCUT2D eigenvalue weighted by molar-refractivity contribution is 0.563. The number of fused-ring (bicyclic) bond motifs is 1. The van der Waals surface area contributed by atoms with E-state index in [1.807, 2.05) is 12.1 Å². The van der Waals surface area contributed by atoms with Crippen LogP contribution in [0.3, 0.4) is 0 Å². The molecule has 0 aliphatic rings. The Morgan fingerprint density at radius 3 is 2.79 bits per heavy atom. The Hall–Kier alpha value is -2.99. The molecule has 0 radical (unpaired) electrons. The second-order valence-electron chi connectivity index (χ2n) is 5.86. The van der Waals surface area contributed by atoms with Gasteiger partial charge in [-0.15, -0.1) is 11.3 Å². The van der Waals surface area contributed by atoms with E-state index in [2.05, 4.69) is 31.4 Å². The number of benzene rings is 2. The average molecular weight is 486 g/mol. The molecule has 9 heteroatoms. The molecule has 0 saturated heterocycles. The van der Waals surface area contributed by atoms with Crippen LogP contribution in [-0.4, -0.2) is 10.7 Å². The first-order valence-electron chi connectivity index (χ1n) is 8.22. The molecular weight excluding hydrogens is 476 g/mol. The van der Waals surface area contributed by atoms with Gasteiger partial charge in [0.1, 0.15) is 11.7 Å². The minimum absolute atomic E-state index is 0.101. The van der Waals surface area contributed by atoms with Crippen LogP contribution in [0.4, 0.5) is 5.69 Å². The fraction of sp³-hybridized carbons (Fsp3) is 0. The van der Waals surface area contributed by atoms with Crippen LogP contribution in [0.2, 0.25) is 5.02 Å². The number of rotatable bonds is 4. The van der Waals surface area contributed by atoms with Crippen molar-refractivity contribution in [3.63, 3.8) is 0 Å². The van der Waals surface area contributed by atoms with E-state index in [1.54, 1.807) is 47.8 Å². The molecule has 4 rings (SSSR count). The first kappa shape index (κ1) is 19.3. The number of anilines is 1. The van der Waals surface area contributed by atoms with E-state index >= 15 is 0 Å². The molecule has 142 valence electrons. The number of hydrogen-bond acceptors (Lipinski definition) is 7. The second-order valence-corrected chi connectivity index (χ2v) is 8.07. The molecule has 2 aromatic carbocycles. The summed E-state index contributed by atoms with van der Waals surface area (Å²) in [4.78, 5) is 16.8. The van der Waals surface area contributed by atoms with Gasteiger partial charge in [-0.25, -0.2) is 9.78 Å². The number of nitrogens with zero attached hydrogens (tertiary/aromatic N) is 3. The van der Waals surface area contributed by atoms with Crippen LogP contribution in [0, 0.1) is 11.3 Å². The van der Waals surface area contributed by atoms with Crippen molar-refractivity contribution < 1.29 is 4.42 Å². The van der Waals surface area contributed by atoms with Crippen LogP contribution in [0.1, 0.15) is 5.01 Å². The molecule has 4 aromatic rings. The van der Waals surface area contributed by atoms with Gasteiger partial charge in [-0.1, -0.05) is 27.5 Å². The molecular formula is C20H10BrClN4O2S. The molecule has 0 atom stereocenters. The maximum absolute atomic E-state index is 12.4. The fourth-order valence-corrected chi connectivity index (χ4v) is 3.81. The van der Waals surface area contributed by atoms with Gasteiger partial charge >= 0.3 is 5.63 Å². The van der Waals surface area contributed by atoms with Crippen molar-refractivity contribution in [2.24, 2.45) is 5.10 Å². The first-order valence-corrected chi connectivity index (χ1v) is 10.3. The van der Waals surface area contributed by atoms with E-state index in [9.17, 15) is 10.1 Å². The van der Waals surface area contributed by atoms with Crippen molar-refractivity contribution in [1.82, 2.24) is 4.98 Å². The van der Waals surface area contributed by atoms with Crippen molar-refractivity contribution in [1.29, 1.82) is 5.26 Å². The third-order valence-corrected chi connectivity index (χ3v) is 5.52. The van der Waals surface area contributed by atoms with Gasteiger partial charge in [0.2, 0.25) is 0 Å². The Balaban J connectivity index is 1.66. The lowest BCUT2D eigenvalue weighted by Gasteiger charge is -2.01. The molecule has 2 aromatic heterocycles. The van der Waals surface area contributed by atoms with Crippen LogP contribution in [0.25, 0.3) is 22.2 Å². The number of nitrogens with one attached hydrogen (secondary N) is 1. The SMILES string of the molecule is N#C/C(=N/Nc1ccc(Cl)cc1)c1nc(-c2cc3cc(Br)ccc3oc2=O)cs1. The molecule has 2 heterocycles. The molecule has 0 fully saturated rings. The van der Waals surface area contributed by atoms with Gasteiger partial charge in [-0.05, 0) is 48.5 Å². The van der Waals surface area contributed by atoms with Crippen molar-refractivity contribution in [2.75, 3.05) is 5.43 Å². The minimum atomic E-state index is -0.494. The maximum atomic E-state index is 12.4. The molecule has 0 spiro atoms. The summed E-state index contributed by atoms with van der Waals surface area (Å²) in [5.74, 6) is 0. The highest BCUT2D eigenvalue weighted by molar-refractivity contribution is 9.10. The summed E-state index contributed by atoms with van der Waals surface area (Å²) in [6.45, 7) is 0.